The van der Waals surface area contributed by atoms with Crippen LogP contribution in [-0.4, -0.2) is 35.0 Å². The van der Waals surface area contributed by atoms with Crippen molar-refractivity contribution in [3.05, 3.63) is 65.9 Å². The van der Waals surface area contributed by atoms with Crippen LogP contribution in [-0.2, 0) is 0 Å². The van der Waals surface area contributed by atoms with E-state index in [9.17, 15) is 9.90 Å². The van der Waals surface area contributed by atoms with Crippen LogP contribution in [0.3, 0.4) is 0 Å². The van der Waals surface area contributed by atoms with Crippen LogP contribution in [0.5, 0.6) is 11.5 Å². The predicted octanol–water partition coefficient (Wildman–Crippen LogP) is 6.19. The molecule has 1 aromatic heterocycles. The maximum Gasteiger partial charge on any atom is 0.274 e. The lowest BCUT2D eigenvalue weighted by Gasteiger charge is -2.17. The number of hydrogen-bond acceptors (Lipinski definition) is 3. The van der Waals surface area contributed by atoms with E-state index < -0.39 is 0 Å². The third kappa shape index (κ3) is 3.47. The van der Waals surface area contributed by atoms with Gasteiger partial charge in [-0.05, 0) is 41.6 Å². The standard InChI is InChI=1S/C26H25ClN2O3/c1-2-3-10-32-18-8-9-21-16(11-18)12-22(28-21)26(31)29-15-17(14-27)25-20-7-5-4-6-19(20)24(30)13-23(25)29/h4-9,11-13,17,28,30H,2-3,10,14-15H2,1H3/t17-/m1/s1. The third-order valence-corrected chi connectivity index (χ3v) is 6.54. The van der Waals surface area contributed by atoms with Crippen molar-refractivity contribution < 1.29 is 14.6 Å². The van der Waals surface area contributed by atoms with E-state index >= 15 is 0 Å². The molecular weight excluding hydrogens is 424 g/mol. The molecule has 32 heavy (non-hydrogen) atoms. The van der Waals surface area contributed by atoms with Crippen LogP contribution < -0.4 is 9.64 Å². The summed E-state index contributed by atoms with van der Waals surface area (Å²) in [7, 11) is 0. The first kappa shape index (κ1) is 20.7. The number of H-pyrrole nitrogens is 1. The SMILES string of the molecule is CCCCOc1ccc2[nH]c(C(=O)N3C[C@@H](CCl)c4c3cc(O)c3ccccc43)cc2c1. The Morgan fingerprint density at radius 2 is 2.00 bits per heavy atom. The van der Waals surface area contributed by atoms with Crippen molar-refractivity contribution in [2.75, 3.05) is 23.9 Å². The second-order valence-electron chi connectivity index (χ2n) is 8.28. The van der Waals surface area contributed by atoms with Crippen molar-refractivity contribution in [2.45, 2.75) is 25.7 Å². The maximum atomic E-state index is 13.5. The molecule has 5 rings (SSSR count). The number of carbonyl (C=O) groups is 1. The molecule has 4 aromatic rings. The van der Waals surface area contributed by atoms with Gasteiger partial charge in [0.2, 0.25) is 0 Å². The number of anilines is 1. The highest BCUT2D eigenvalue weighted by Crippen LogP contribution is 2.45. The molecule has 0 saturated heterocycles. The number of halogens is 1. The number of hydrogen-bond donors (Lipinski definition) is 2. The Labute approximate surface area is 191 Å². The van der Waals surface area contributed by atoms with Gasteiger partial charge in [0.15, 0.2) is 0 Å². The van der Waals surface area contributed by atoms with Gasteiger partial charge >= 0.3 is 0 Å². The molecule has 0 bridgehead atoms. The van der Waals surface area contributed by atoms with Crippen molar-refractivity contribution in [3.63, 3.8) is 0 Å². The molecule has 164 valence electrons. The fraction of sp³-hybridized carbons (Fsp3) is 0.269. The number of aromatic nitrogens is 1. The van der Waals surface area contributed by atoms with E-state index in [1.165, 1.54) is 0 Å². The van der Waals surface area contributed by atoms with Crippen LogP contribution in [0.4, 0.5) is 5.69 Å². The number of alkyl halides is 1. The number of ether oxygens (including phenoxy) is 1. The number of amides is 1. The lowest BCUT2D eigenvalue weighted by Crippen LogP contribution is -2.30. The number of carbonyl (C=O) groups excluding carboxylic acids is 1. The number of fused-ring (bicyclic) bond motifs is 4. The molecule has 6 heteroatoms. The Balaban J connectivity index is 1.51. The molecule has 0 spiro atoms. The molecule has 1 atom stereocenters. The fourth-order valence-electron chi connectivity index (χ4n) is 4.54. The van der Waals surface area contributed by atoms with Crippen LogP contribution in [0.25, 0.3) is 21.7 Å². The zero-order valence-corrected chi connectivity index (χ0v) is 18.7. The van der Waals surface area contributed by atoms with E-state index in [4.69, 9.17) is 16.3 Å². The number of rotatable bonds is 6. The molecule has 2 heterocycles. The predicted molar refractivity (Wildman–Crippen MR) is 129 cm³/mol. The smallest absolute Gasteiger partial charge is 0.274 e. The van der Waals surface area contributed by atoms with E-state index in [-0.39, 0.29) is 17.6 Å². The molecule has 0 aliphatic carbocycles. The molecule has 0 radical (unpaired) electrons. The maximum absolute atomic E-state index is 13.5. The summed E-state index contributed by atoms with van der Waals surface area (Å²) in [4.78, 5) is 18.5. The first-order valence-corrected chi connectivity index (χ1v) is 11.5. The Kier molecular flexibility index (Phi) is 5.43. The summed E-state index contributed by atoms with van der Waals surface area (Å²) in [5.74, 6) is 1.23. The van der Waals surface area contributed by atoms with Gasteiger partial charge in [-0.15, -0.1) is 11.6 Å². The molecule has 5 nitrogen and oxygen atoms in total. The highest BCUT2D eigenvalue weighted by Gasteiger charge is 2.35. The quantitative estimate of drug-likeness (QED) is 0.273. The summed E-state index contributed by atoms with van der Waals surface area (Å²) in [5.41, 5.74) is 3.12. The topological polar surface area (TPSA) is 65.6 Å². The van der Waals surface area contributed by atoms with Crippen LogP contribution in [0, 0.1) is 0 Å². The first-order chi connectivity index (χ1) is 15.6. The van der Waals surface area contributed by atoms with Gasteiger partial charge in [-0.1, -0.05) is 37.6 Å². The Morgan fingerprint density at radius 3 is 2.78 bits per heavy atom. The number of aromatic amines is 1. The number of nitrogens with zero attached hydrogens (tertiary/aromatic N) is 1. The fourth-order valence-corrected chi connectivity index (χ4v) is 4.79. The summed E-state index contributed by atoms with van der Waals surface area (Å²) in [6.07, 6.45) is 2.09. The molecule has 0 fully saturated rings. The Morgan fingerprint density at radius 1 is 1.19 bits per heavy atom. The minimum absolute atomic E-state index is 0.00376. The van der Waals surface area contributed by atoms with Gasteiger partial charge in [-0.3, -0.25) is 4.79 Å². The normalized spacial score (nSPS) is 15.4. The van der Waals surface area contributed by atoms with E-state index in [1.807, 2.05) is 48.5 Å². The molecule has 1 aliphatic rings. The highest BCUT2D eigenvalue weighted by molar-refractivity contribution is 6.19. The summed E-state index contributed by atoms with van der Waals surface area (Å²) in [5, 5.41) is 13.2. The van der Waals surface area contributed by atoms with Crippen LogP contribution >= 0.6 is 11.6 Å². The zero-order valence-electron chi connectivity index (χ0n) is 17.9. The zero-order chi connectivity index (χ0) is 22.2. The number of nitrogens with one attached hydrogen (secondary N) is 1. The highest BCUT2D eigenvalue weighted by atomic mass is 35.5. The molecular formula is C26H25ClN2O3. The van der Waals surface area contributed by atoms with Gasteiger partial charge in [-0.25, -0.2) is 0 Å². The number of aromatic hydroxyl groups is 1. The van der Waals surface area contributed by atoms with Gasteiger partial charge in [0, 0.05) is 40.7 Å². The Hall–Kier alpha value is -3.18. The van der Waals surface area contributed by atoms with Gasteiger partial charge in [0.1, 0.15) is 17.2 Å². The monoisotopic (exact) mass is 448 g/mol. The largest absolute Gasteiger partial charge is 0.507 e. The van der Waals surface area contributed by atoms with Gasteiger partial charge in [-0.2, -0.15) is 0 Å². The minimum atomic E-state index is -0.141. The average Bonchev–Trinajstić information content (AvgIpc) is 3.40. The van der Waals surface area contributed by atoms with Crippen LogP contribution in [0.15, 0.2) is 54.6 Å². The molecule has 1 amide bonds. The second kappa shape index (κ2) is 8.40. The van der Waals surface area contributed by atoms with Crippen molar-refractivity contribution in [2.24, 2.45) is 0 Å². The first-order valence-electron chi connectivity index (χ1n) is 11.0. The summed E-state index contributed by atoms with van der Waals surface area (Å²) < 4.78 is 5.80. The van der Waals surface area contributed by atoms with Crippen LogP contribution in [0.2, 0.25) is 0 Å². The van der Waals surface area contributed by atoms with Crippen molar-refractivity contribution in [1.29, 1.82) is 0 Å². The van der Waals surface area contributed by atoms with E-state index in [0.29, 0.717) is 24.7 Å². The van der Waals surface area contributed by atoms with Crippen molar-refractivity contribution in [1.82, 2.24) is 4.98 Å². The third-order valence-electron chi connectivity index (χ3n) is 6.17. The van der Waals surface area contributed by atoms with Crippen molar-refractivity contribution in [3.8, 4) is 11.5 Å². The summed E-state index contributed by atoms with van der Waals surface area (Å²) >= 11 is 6.30. The summed E-state index contributed by atoms with van der Waals surface area (Å²) in [6, 6.07) is 17.1. The molecule has 0 unspecified atom stereocenters. The van der Waals surface area contributed by atoms with Crippen LogP contribution in [0.1, 0.15) is 41.7 Å². The van der Waals surface area contributed by atoms with E-state index in [0.717, 1.165) is 51.5 Å². The molecule has 0 saturated carbocycles. The van der Waals surface area contributed by atoms with Gasteiger partial charge in [0.05, 0.1) is 12.3 Å². The van der Waals surface area contributed by atoms with Gasteiger partial charge < -0.3 is 19.7 Å². The van der Waals surface area contributed by atoms with E-state index in [2.05, 4.69) is 11.9 Å². The number of benzene rings is 3. The number of phenols is 1. The lowest BCUT2D eigenvalue weighted by molar-refractivity contribution is 0.0984. The molecule has 1 aliphatic heterocycles. The number of unbranched alkanes of at least 4 members (excludes halogenated alkanes) is 1. The van der Waals surface area contributed by atoms with Crippen molar-refractivity contribution >= 4 is 44.9 Å². The second-order valence-corrected chi connectivity index (χ2v) is 8.58. The Bertz CT molecular complexity index is 1310. The molecule has 3 aromatic carbocycles. The van der Waals surface area contributed by atoms with E-state index in [1.54, 1.807) is 11.0 Å². The molecule has 2 N–H and O–H groups in total. The lowest BCUT2D eigenvalue weighted by atomic mass is 9.95. The summed E-state index contributed by atoms with van der Waals surface area (Å²) in [6.45, 7) is 3.29. The minimum Gasteiger partial charge on any atom is -0.507 e. The average molecular weight is 449 g/mol. The van der Waals surface area contributed by atoms with Gasteiger partial charge in [0.25, 0.3) is 5.91 Å². The number of phenolic OH excluding ortho intramolecular Hbond substituents is 1.